The van der Waals surface area contributed by atoms with Gasteiger partial charge in [-0.05, 0) is 31.0 Å². The molecule has 0 amide bonds. The maximum atomic E-state index is 11.3. The summed E-state index contributed by atoms with van der Waals surface area (Å²) in [7, 11) is 0. The molecule has 1 atom stereocenters. The second kappa shape index (κ2) is 4.44. The molecule has 2 heteroatoms. The van der Waals surface area contributed by atoms with Crippen LogP contribution in [-0.4, -0.2) is 10.8 Å². The van der Waals surface area contributed by atoms with Crippen LogP contribution >= 0.6 is 0 Å². The van der Waals surface area contributed by atoms with Gasteiger partial charge < -0.3 is 0 Å². The molecule has 0 aliphatic carbocycles. The lowest BCUT2D eigenvalue weighted by atomic mass is 9.96. The summed E-state index contributed by atoms with van der Waals surface area (Å²) in [5.74, 6) is 0.312. The highest BCUT2D eigenvalue weighted by molar-refractivity contribution is 5.83. The Morgan fingerprint density at radius 3 is 2.81 bits per heavy atom. The van der Waals surface area contributed by atoms with Crippen molar-refractivity contribution < 1.29 is 4.79 Å². The zero-order valence-corrected chi connectivity index (χ0v) is 9.60. The van der Waals surface area contributed by atoms with E-state index in [0.717, 1.165) is 17.3 Å². The van der Waals surface area contributed by atoms with E-state index >= 15 is 0 Å². The number of rotatable bonds is 3. The van der Waals surface area contributed by atoms with Crippen molar-refractivity contribution >= 4 is 16.7 Å². The Hall–Kier alpha value is -1.70. The minimum Gasteiger partial charge on any atom is -0.300 e. The van der Waals surface area contributed by atoms with Crippen molar-refractivity contribution in [2.24, 2.45) is 5.92 Å². The fourth-order valence-corrected chi connectivity index (χ4v) is 1.81. The third-order valence-electron chi connectivity index (χ3n) is 2.96. The summed E-state index contributed by atoms with van der Waals surface area (Å²) in [6.45, 7) is 3.62. The minimum atomic E-state index is 0.0748. The van der Waals surface area contributed by atoms with Crippen LogP contribution in [0.15, 0.2) is 36.5 Å². The largest absolute Gasteiger partial charge is 0.300 e. The van der Waals surface area contributed by atoms with Crippen molar-refractivity contribution in [1.29, 1.82) is 0 Å². The first-order chi connectivity index (χ1) is 7.68. The Bertz CT molecular complexity index is 514. The molecule has 0 saturated heterocycles. The summed E-state index contributed by atoms with van der Waals surface area (Å²) >= 11 is 0. The number of carbonyl (C=O) groups excluding carboxylic acids is 1. The van der Waals surface area contributed by atoms with E-state index in [1.54, 1.807) is 6.92 Å². The van der Waals surface area contributed by atoms with Crippen molar-refractivity contribution in [3.05, 3.63) is 42.1 Å². The molecule has 0 fully saturated rings. The van der Waals surface area contributed by atoms with Crippen LogP contribution in [0.25, 0.3) is 10.9 Å². The molecule has 0 aliphatic rings. The van der Waals surface area contributed by atoms with Crippen LogP contribution in [0, 0.1) is 5.92 Å². The average Bonchev–Trinajstić information content (AvgIpc) is 2.29. The van der Waals surface area contributed by atoms with Gasteiger partial charge in [-0.15, -0.1) is 0 Å². The van der Waals surface area contributed by atoms with Gasteiger partial charge in [-0.3, -0.25) is 9.78 Å². The van der Waals surface area contributed by atoms with E-state index in [1.165, 1.54) is 5.56 Å². The molecule has 1 unspecified atom stereocenters. The van der Waals surface area contributed by atoms with Gasteiger partial charge in [-0.25, -0.2) is 0 Å². The van der Waals surface area contributed by atoms with Gasteiger partial charge in [0.2, 0.25) is 0 Å². The van der Waals surface area contributed by atoms with Gasteiger partial charge in [0.15, 0.2) is 0 Å². The molecule has 0 radical (unpaired) electrons. The van der Waals surface area contributed by atoms with Crippen LogP contribution in [0.1, 0.15) is 19.4 Å². The number of hydrogen-bond acceptors (Lipinski definition) is 2. The lowest BCUT2D eigenvalue weighted by molar-refractivity contribution is -0.120. The second-order valence-electron chi connectivity index (χ2n) is 4.20. The highest BCUT2D eigenvalue weighted by Crippen LogP contribution is 2.19. The maximum Gasteiger partial charge on any atom is 0.132 e. The molecule has 0 saturated carbocycles. The van der Waals surface area contributed by atoms with E-state index in [9.17, 15) is 4.79 Å². The molecule has 16 heavy (non-hydrogen) atoms. The standard InChI is InChI=1S/C14H15NO/c1-10(11(2)16)9-12-7-8-15-14-6-4-3-5-13(12)14/h3-8,10H,9H2,1-2H3. The van der Waals surface area contributed by atoms with Gasteiger partial charge in [0.25, 0.3) is 0 Å². The maximum absolute atomic E-state index is 11.3. The van der Waals surface area contributed by atoms with E-state index in [4.69, 9.17) is 0 Å². The summed E-state index contributed by atoms with van der Waals surface area (Å²) in [4.78, 5) is 15.6. The molecule has 2 rings (SSSR count). The molecule has 1 heterocycles. The lowest BCUT2D eigenvalue weighted by Crippen LogP contribution is -2.09. The summed E-state index contributed by atoms with van der Waals surface area (Å²) in [6, 6.07) is 10.0. The SMILES string of the molecule is CC(=O)C(C)Cc1ccnc2ccccc12. The minimum absolute atomic E-state index is 0.0748. The Morgan fingerprint density at radius 2 is 2.06 bits per heavy atom. The molecule has 1 aromatic heterocycles. The number of benzene rings is 1. The van der Waals surface area contributed by atoms with E-state index in [-0.39, 0.29) is 11.7 Å². The normalized spacial score (nSPS) is 12.6. The van der Waals surface area contributed by atoms with Crippen LogP contribution in [0.2, 0.25) is 0 Å². The number of ketones is 1. The van der Waals surface area contributed by atoms with Gasteiger partial charge in [-0.2, -0.15) is 0 Å². The van der Waals surface area contributed by atoms with Gasteiger partial charge >= 0.3 is 0 Å². The molecule has 82 valence electrons. The van der Waals surface area contributed by atoms with Gasteiger partial charge in [0, 0.05) is 17.5 Å². The molecule has 0 aliphatic heterocycles. The van der Waals surface area contributed by atoms with Crippen LogP contribution in [0.5, 0.6) is 0 Å². The van der Waals surface area contributed by atoms with Crippen LogP contribution in [0.4, 0.5) is 0 Å². The predicted molar refractivity (Wildman–Crippen MR) is 65.3 cm³/mol. The van der Waals surface area contributed by atoms with Gasteiger partial charge in [0.05, 0.1) is 5.52 Å². The molecule has 0 N–H and O–H groups in total. The summed E-state index contributed by atoms with van der Waals surface area (Å²) < 4.78 is 0. The number of aromatic nitrogens is 1. The average molecular weight is 213 g/mol. The molecule has 0 spiro atoms. The third kappa shape index (κ3) is 2.11. The number of carbonyl (C=O) groups is 1. The number of Topliss-reactive ketones (excluding diaryl/α,β-unsaturated/α-hetero) is 1. The van der Waals surface area contributed by atoms with Crippen molar-refractivity contribution in [2.45, 2.75) is 20.3 Å². The summed E-state index contributed by atoms with van der Waals surface area (Å²) in [6.07, 6.45) is 2.60. The van der Waals surface area contributed by atoms with E-state index in [2.05, 4.69) is 11.1 Å². The molecule has 2 aromatic rings. The smallest absolute Gasteiger partial charge is 0.132 e. The quantitative estimate of drug-likeness (QED) is 0.784. The molecular weight excluding hydrogens is 198 g/mol. The molecule has 1 aromatic carbocycles. The van der Waals surface area contributed by atoms with Crippen LogP contribution in [-0.2, 0) is 11.2 Å². The number of pyridine rings is 1. The first-order valence-corrected chi connectivity index (χ1v) is 5.51. The molecule has 0 bridgehead atoms. The van der Waals surface area contributed by atoms with Crippen molar-refractivity contribution in [3.63, 3.8) is 0 Å². The topological polar surface area (TPSA) is 30.0 Å². The number of nitrogens with zero attached hydrogens (tertiary/aromatic N) is 1. The lowest BCUT2D eigenvalue weighted by Gasteiger charge is -2.09. The van der Waals surface area contributed by atoms with Crippen molar-refractivity contribution in [1.82, 2.24) is 4.98 Å². The van der Waals surface area contributed by atoms with E-state index in [0.29, 0.717) is 0 Å². The van der Waals surface area contributed by atoms with Crippen LogP contribution in [0.3, 0.4) is 0 Å². The third-order valence-corrected chi connectivity index (χ3v) is 2.96. The molecular formula is C14H15NO. The first kappa shape index (κ1) is 10.8. The predicted octanol–water partition coefficient (Wildman–Crippen LogP) is 3.00. The monoisotopic (exact) mass is 213 g/mol. The van der Waals surface area contributed by atoms with E-state index < -0.39 is 0 Å². The first-order valence-electron chi connectivity index (χ1n) is 5.51. The zero-order valence-electron chi connectivity index (χ0n) is 9.60. The highest BCUT2D eigenvalue weighted by atomic mass is 16.1. The summed E-state index contributed by atoms with van der Waals surface area (Å²) in [5.41, 5.74) is 2.20. The van der Waals surface area contributed by atoms with Crippen molar-refractivity contribution in [2.75, 3.05) is 0 Å². The van der Waals surface area contributed by atoms with Crippen LogP contribution < -0.4 is 0 Å². The number of fused-ring (bicyclic) bond motifs is 1. The van der Waals surface area contributed by atoms with Gasteiger partial charge in [-0.1, -0.05) is 25.1 Å². The number of para-hydroxylation sites is 1. The van der Waals surface area contributed by atoms with E-state index in [1.807, 2.05) is 37.4 Å². The highest BCUT2D eigenvalue weighted by Gasteiger charge is 2.10. The van der Waals surface area contributed by atoms with Crippen molar-refractivity contribution in [3.8, 4) is 0 Å². The Morgan fingerprint density at radius 1 is 1.31 bits per heavy atom. The fraction of sp³-hybridized carbons (Fsp3) is 0.286. The van der Waals surface area contributed by atoms with Gasteiger partial charge in [0.1, 0.15) is 5.78 Å². The Labute approximate surface area is 95.3 Å². The second-order valence-corrected chi connectivity index (χ2v) is 4.20. The number of hydrogen-bond donors (Lipinski definition) is 0. The Kier molecular flexibility index (Phi) is 3.00. The Balaban J connectivity index is 2.41. The summed E-state index contributed by atoms with van der Waals surface area (Å²) in [5, 5.41) is 1.15. The fourth-order valence-electron chi connectivity index (χ4n) is 1.81. The zero-order chi connectivity index (χ0) is 11.5. The molecule has 2 nitrogen and oxygen atoms in total.